The second kappa shape index (κ2) is 2.44. The molecule has 0 aliphatic rings. The third-order valence-electron chi connectivity index (χ3n) is 1.64. The Morgan fingerprint density at radius 3 is 3.00 bits per heavy atom. The van der Waals surface area contributed by atoms with Gasteiger partial charge in [-0.25, -0.2) is 4.39 Å². The maximum Gasteiger partial charge on any atom is 0.153 e. The number of hydrogen-bond acceptors (Lipinski definition) is 2. The van der Waals surface area contributed by atoms with Crippen molar-refractivity contribution in [3.63, 3.8) is 0 Å². The lowest BCUT2D eigenvalue weighted by molar-refractivity contribution is 0.470. The van der Waals surface area contributed by atoms with Gasteiger partial charge in [0.1, 0.15) is 11.3 Å². The summed E-state index contributed by atoms with van der Waals surface area (Å²) in [6.45, 7) is 0. The van der Waals surface area contributed by atoms with Crippen LogP contribution in [-0.2, 0) is 0 Å². The molecule has 1 N–H and O–H groups in total. The van der Waals surface area contributed by atoms with Crippen LogP contribution >= 0.6 is 0 Å². The smallest absolute Gasteiger partial charge is 0.153 e. The zero-order chi connectivity index (χ0) is 8.55. The second-order valence-electron chi connectivity index (χ2n) is 2.50. The minimum absolute atomic E-state index is 0.0759. The van der Waals surface area contributed by atoms with Gasteiger partial charge >= 0.3 is 0 Å². The molecule has 0 saturated carbocycles. The van der Waals surface area contributed by atoms with Crippen LogP contribution in [0.25, 0.3) is 10.9 Å². The molecule has 0 aliphatic carbocycles. The molecule has 0 aliphatic heterocycles. The zero-order valence-corrected chi connectivity index (χ0v) is 6.16. The van der Waals surface area contributed by atoms with Gasteiger partial charge in [0.25, 0.3) is 0 Å². The molecular weight excluding hydrogens is 157 g/mol. The molecule has 12 heavy (non-hydrogen) atoms. The van der Waals surface area contributed by atoms with Crippen LogP contribution in [0.2, 0.25) is 0 Å². The zero-order valence-electron chi connectivity index (χ0n) is 6.16. The highest BCUT2D eigenvalue weighted by molar-refractivity contribution is 5.80. The SMILES string of the molecule is Oc1cc(F)c2ncccc2c1. The van der Waals surface area contributed by atoms with Crippen LogP contribution < -0.4 is 0 Å². The highest BCUT2D eigenvalue weighted by Gasteiger charge is 2.02. The van der Waals surface area contributed by atoms with Crippen LogP contribution in [0.1, 0.15) is 0 Å². The fourth-order valence-corrected chi connectivity index (χ4v) is 1.13. The number of aromatic hydroxyl groups is 1. The van der Waals surface area contributed by atoms with E-state index in [1.165, 1.54) is 12.3 Å². The normalized spacial score (nSPS) is 10.4. The van der Waals surface area contributed by atoms with Gasteiger partial charge < -0.3 is 5.11 Å². The summed E-state index contributed by atoms with van der Waals surface area (Å²) in [5.41, 5.74) is 0.287. The Hall–Kier alpha value is -1.64. The van der Waals surface area contributed by atoms with E-state index in [1.54, 1.807) is 12.1 Å². The van der Waals surface area contributed by atoms with Gasteiger partial charge in [-0.15, -0.1) is 0 Å². The van der Waals surface area contributed by atoms with Crippen molar-refractivity contribution in [1.82, 2.24) is 4.98 Å². The summed E-state index contributed by atoms with van der Waals surface area (Å²) in [5, 5.41) is 9.65. The highest BCUT2D eigenvalue weighted by atomic mass is 19.1. The number of pyridine rings is 1. The third kappa shape index (κ3) is 0.993. The lowest BCUT2D eigenvalue weighted by Gasteiger charge is -1.98. The standard InChI is InChI=1S/C9H6FNO/c10-8-5-7(12)4-6-2-1-3-11-9(6)8/h1-5,12H. The predicted octanol–water partition coefficient (Wildman–Crippen LogP) is 2.08. The second-order valence-corrected chi connectivity index (χ2v) is 2.50. The Morgan fingerprint density at radius 1 is 1.33 bits per heavy atom. The van der Waals surface area contributed by atoms with Gasteiger partial charge in [-0.1, -0.05) is 6.07 Å². The van der Waals surface area contributed by atoms with E-state index < -0.39 is 5.82 Å². The van der Waals surface area contributed by atoms with Crippen LogP contribution in [0.4, 0.5) is 4.39 Å². The molecule has 0 amide bonds. The summed E-state index contributed by atoms with van der Waals surface area (Å²) < 4.78 is 13.0. The summed E-state index contributed by atoms with van der Waals surface area (Å²) in [7, 11) is 0. The van der Waals surface area contributed by atoms with Crippen LogP contribution in [-0.4, -0.2) is 10.1 Å². The van der Waals surface area contributed by atoms with E-state index in [0.717, 1.165) is 6.07 Å². The van der Waals surface area contributed by atoms with Crippen molar-refractivity contribution in [3.8, 4) is 5.75 Å². The van der Waals surface area contributed by atoms with Crippen LogP contribution in [0.15, 0.2) is 30.5 Å². The number of phenolic OH excluding ortho intramolecular Hbond substituents is 1. The van der Waals surface area contributed by atoms with Crippen molar-refractivity contribution in [3.05, 3.63) is 36.3 Å². The molecular formula is C9H6FNO. The lowest BCUT2D eigenvalue weighted by Crippen LogP contribution is -1.82. The Morgan fingerprint density at radius 2 is 2.17 bits per heavy atom. The number of fused-ring (bicyclic) bond motifs is 1. The monoisotopic (exact) mass is 163 g/mol. The molecule has 0 unspecified atom stereocenters. The maximum atomic E-state index is 13.0. The summed E-state index contributed by atoms with van der Waals surface area (Å²) >= 11 is 0. The topological polar surface area (TPSA) is 33.1 Å². The van der Waals surface area contributed by atoms with Gasteiger partial charge in [0.05, 0.1) is 0 Å². The van der Waals surface area contributed by atoms with Gasteiger partial charge in [-0.3, -0.25) is 4.98 Å². The van der Waals surface area contributed by atoms with Gasteiger partial charge in [0.15, 0.2) is 5.82 Å². The largest absolute Gasteiger partial charge is 0.508 e. The Labute approximate surface area is 68.3 Å². The van der Waals surface area contributed by atoms with E-state index in [9.17, 15) is 4.39 Å². The Bertz CT molecular complexity index is 428. The molecule has 0 radical (unpaired) electrons. The first kappa shape index (κ1) is 7.03. The van der Waals surface area contributed by atoms with Crippen molar-refractivity contribution < 1.29 is 9.50 Å². The van der Waals surface area contributed by atoms with Crippen molar-refractivity contribution in [2.45, 2.75) is 0 Å². The number of halogens is 1. The predicted molar refractivity (Wildman–Crippen MR) is 43.4 cm³/mol. The fourth-order valence-electron chi connectivity index (χ4n) is 1.13. The van der Waals surface area contributed by atoms with E-state index >= 15 is 0 Å². The highest BCUT2D eigenvalue weighted by Crippen LogP contribution is 2.20. The first-order chi connectivity index (χ1) is 5.77. The van der Waals surface area contributed by atoms with E-state index in [0.29, 0.717) is 5.39 Å². The molecule has 0 bridgehead atoms. The van der Waals surface area contributed by atoms with Gasteiger partial charge in [-0.05, 0) is 12.1 Å². The quantitative estimate of drug-likeness (QED) is 0.645. The molecule has 2 aromatic rings. The average Bonchev–Trinajstić information content (AvgIpc) is 2.04. The molecule has 2 nitrogen and oxygen atoms in total. The van der Waals surface area contributed by atoms with Crippen LogP contribution in [0.3, 0.4) is 0 Å². The first-order valence-electron chi connectivity index (χ1n) is 3.50. The number of rotatable bonds is 0. The average molecular weight is 163 g/mol. The lowest BCUT2D eigenvalue weighted by atomic mass is 10.2. The third-order valence-corrected chi connectivity index (χ3v) is 1.64. The van der Waals surface area contributed by atoms with E-state index in [4.69, 9.17) is 5.11 Å². The minimum atomic E-state index is -0.495. The minimum Gasteiger partial charge on any atom is -0.508 e. The first-order valence-corrected chi connectivity index (χ1v) is 3.50. The van der Waals surface area contributed by atoms with Crippen molar-refractivity contribution in [1.29, 1.82) is 0 Å². The van der Waals surface area contributed by atoms with Gasteiger partial charge in [0.2, 0.25) is 0 Å². The number of benzene rings is 1. The molecule has 3 heteroatoms. The molecule has 0 atom stereocenters. The summed E-state index contributed by atoms with van der Waals surface area (Å²) in [6.07, 6.45) is 1.52. The molecule has 1 heterocycles. The molecule has 60 valence electrons. The Balaban J connectivity index is 2.89. The molecule has 0 spiro atoms. The fraction of sp³-hybridized carbons (Fsp3) is 0. The molecule has 1 aromatic carbocycles. The summed E-state index contributed by atoms with van der Waals surface area (Å²) in [5.74, 6) is -0.571. The van der Waals surface area contributed by atoms with Gasteiger partial charge in [-0.2, -0.15) is 0 Å². The molecule has 2 rings (SSSR count). The number of aromatic nitrogens is 1. The number of phenols is 1. The summed E-state index contributed by atoms with van der Waals surface area (Å²) in [6, 6.07) is 5.92. The van der Waals surface area contributed by atoms with Crippen molar-refractivity contribution in [2.75, 3.05) is 0 Å². The van der Waals surface area contributed by atoms with E-state index in [2.05, 4.69) is 4.98 Å². The molecule has 0 saturated heterocycles. The number of nitrogens with zero attached hydrogens (tertiary/aromatic N) is 1. The molecule has 1 aromatic heterocycles. The number of hydrogen-bond donors (Lipinski definition) is 1. The summed E-state index contributed by atoms with van der Waals surface area (Å²) in [4.78, 5) is 3.84. The van der Waals surface area contributed by atoms with E-state index in [1.807, 2.05) is 0 Å². The van der Waals surface area contributed by atoms with Crippen molar-refractivity contribution in [2.24, 2.45) is 0 Å². The maximum absolute atomic E-state index is 13.0. The van der Waals surface area contributed by atoms with E-state index in [-0.39, 0.29) is 11.3 Å². The molecule has 0 fully saturated rings. The Kier molecular flexibility index (Phi) is 1.43. The van der Waals surface area contributed by atoms with Crippen molar-refractivity contribution >= 4 is 10.9 Å². The van der Waals surface area contributed by atoms with Crippen LogP contribution in [0.5, 0.6) is 5.75 Å². The van der Waals surface area contributed by atoms with Crippen LogP contribution in [0, 0.1) is 5.82 Å². The van der Waals surface area contributed by atoms with Gasteiger partial charge in [0, 0.05) is 17.6 Å².